The van der Waals surface area contributed by atoms with Gasteiger partial charge in [0.15, 0.2) is 0 Å². The maximum absolute atomic E-state index is 9.77. The third kappa shape index (κ3) is 6.89. The smallest absolute Gasteiger partial charge is 0.0792 e. The molecule has 5 heteroatoms. The highest BCUT2D eigenvalue weighted by atomic mass is 16.5. The average molecular weight is 699 g/mol. The molecule has 15 unspecified atom stereocenters. The summed E-state index contributed by atoms with van der Waals surface area (Å²) in [5.74, 6) is 5.63. The molecule has 276 valence electrons. The summed E-state index contributed by atoms with van der Waals surface area (Å²) in [5.41, 5.74) is 1.69. The fourth-order valence-electron chi connectivity index (χ4n) is 13.2. The predicted octanol–water partition coefficient (Wildman–Crippen LogP) is 9.50. The number of nitrogens with zero attached hydrogens (tertiary/aromatic N) is 2. The Morgan fingerprint density at radius 1 is 0.654 bits per heavy atom. The van der Waals surface area contributed by atoms with Gasteiger partial charge >= 0.3 is 0 Å². The van der Waals surface area contributed by atoms with Crippen molar-refractivity contribution in [3.05, 3.63) is 72.4 Å². The summed E-state index contributed by atoms with van der Waals surface area (Å²) in [7, 11) is 0. The molecule has 0 amide bonds. The first kappa shape index (κ1) is 35.0. The summed E-state index contributed by atoms with van der Waals surface area (Å²) in [5, 5.41) is 28.4. The number of nitriles is 2. The van der Waals surface area contributed by atoms with E-state index in [1.54, 1.807) is 5.57 Å². The highest BCUT2D eigenvalue weighted by Gasteiger charge is 2.55. The fourth-order valence-corrected chi connectivity index (χ4v) is 13.2. The lowest BCUT2D eigenvalue weighted by atomic mass is 9.61. The zero-order chi connectivity index (χ0) is 35.0. The Balaban J connectivity index is 1.06. The minimum atomic E-state index is 0.0378. The molecule has 2 saturated carbocycles. The van der Waals surface area contributed by atoms with Gasteiger partial charge < -0.3 is 4.74 Å². The lowest BCUT2D eigenvalue weighted by molar-refractivity contribution is -0.0276. The standard InChI is InChI=1S/C47H62N4O/c48-28-30-23-31(29-49)25-37(24-30)32-19-21-33(22-20-32)38-26-40-39-17-9-10-18-42(39)52-46(40)41(27-38)45-43(34-11-7-8-12-34)44(35-13-3-1-4-14-35)50-47(51-45)36-15-5-2-6-16-36/h1-5,10,13,18-19,21,27,30-37,39-47,50-51H,6-9,11-12,14-17,20,22-26H2. The Kier molecular flexibility index (Phi) is 10.5. The Morgan fingerprint density at radius 2 is 1.48 bits per heavy atom. The van der Waals surface area contributed by atoms with E-state index in [0.29, 0.717) is 71.5 Å². The van der Waals surface area contributed by atoms with E-state index in [-0.39, 0.29) is 24.0 Å². The summed E-state index contributed by atoms with van der Waals surface area (Å²) in [4.78, 5) is 0. The molecule has 0 radical (unpaired) electrons. The number of allylic oxidation sites excluding steroid dienone is 9. The van der Waals surface area contributed by atoms with Crippen LogP contribution in [0.5, 0.6) is 0 Å². The second-order valence-electron chi connectivity index (χ2n) is 18.5. The zero-order valence-electron chi connectivity index (χ0n) is 31.3. The van der Waals surface area contributed by atoms with Crippen molar-refractivity contribution < 1.29 is 4.74 Å². The van der Waals surface area contributed by atoms with Crippen molar-refractivity contribution in [2.24, 2.45) is 71.0 Å². The van der Waals surface area contributed by atoms with Gasteiger partial charge in [-0.15, -0.1) is 0 Å². The van der Waals surface area contributed by atoms with Crippen molar-refractivity contribution in [3.8, 4) is 12.1 Å². The Bertz CT molecular complexity index is 1530. The van der Waals surface area contributed by atoms with E-state index in [2.05, 4.69) is 89.6 Å². The molecule has 7 aliphatic carbocycles. The minimum absolute atomic E-state index is 0.0378. The first-order valence-corrected chi connectivity index (χ1v) is 21.7. The van der Waals surface area contributed by atoms with Gasteiger partial charge in [0.2, 0.25) is 0 Å². The Morgan fingerprint density at radius 3 is 2.21 bits per heavy atom. The topological polar surface area (TPSA) is 80.9 Å². The summed E-state index contributed by atoms with van der Waals surface area (Å²) in [6, 6.07) is 5.94. The van der Waals surface area contributed by atoms with Crippen LogP contribution in [0.25, 0.3) is 0 Å². The Labute approximate surface area is 313 Å². The van der Waals surface area contributed by atoms with Gasteiger partial charge in [0.25, 0.3) is 0 Å². The summed E-state index contributed by atoms with van der Waals surface area (Å²) >= 11 is 0. The summed E-state index contributed by atoms with van der Waals surface area (Å²) < 4.78 is 7.28. The van der Waals surface area contributed by atoms with Gasteiger partial charge in [-0.1, -0.05) is 98.1 Å². The lowest BCUT2D eigenvalue weighted by Gasteiger charge is -2.54. The van der Waals surface area contributed by atoms with Crippen molar-refractivity contribution in [3.63, 3.8) is 0 Å². The van der Waals surface area contributed by atoms with Gasteiger partial charge in [0.05, 0.1) is 30.5 Å². The fraction of sp³-hybridized carbons (Fsp3) is 0.702. The van der Waals surface area contributed by atoms with Gasteiger partial charge in [0.1, 0.15) is 0 Å². The van der Waals surface area contributed by atoms with Crippen LogP contribution in [0.2, 0.25) is 0 Å². The third-order valence-electron chi connectivity index (χ3n) is 15.7. The second kappa shape index (κ2) is 15.6. The Hall–Kier alpha value is -2.70. The van der Waals surface area contributed by atoms with E-state index in [9.17, 15) is 10.5 Å². The molecule has 0 spiro atoms. The van der Waals surface area contributed by atoms with Crippen LogP contribution in [0.4, 0.5) is 0 Å². The van der Waals surface area contributed by atoms with Crippen molar-refractivity contribution in [2.75, 3.05) is 0 Å². The van der Waals surface area contributed by atoms with Crippen LogP contribution in [0.3, 0.4) is 0 Å². The minimum Gasteiger partial charge on any atom is -0.370 e. The molecule has 0 aromatic heterocycles. The molecule has 9 aliphatic rings. The second-order valence-corrected chi connectivity index (χ2v) is 18.5. The largest absolute Gasteiger partial charge is 0.370 e. The normalized spacial score (nSPS) is 47.3. The number of nitrogens with one attached hydrogen (secondary N) is 2. The van der Waals surface area contributed by atoms with E-state index in [1.807, 2.05) is 0 Å². The number of hydrogen-bond donors (Lipinski definition) is 2. The van der Waals surface area contributed by atoms with Crippen LogP contribution in [0.1, 0.15) is 103 Å². The van der Waals surface area contributed by atoms with E-state index < -0.39 is 0 Å². The molecule has 2 aliphatic heterocycles. The van der Waals surface area contributed by atoms with E-state index in [0.717, 1.165) is 31.6 Å². The summed E-state index contributed by atoms with van der Waals surface area (Å²) in [6.45, 7) is 0. The van der Waals surface area contributed by atoms with Crippen LogP contribution in [0.15, 0.2) is 72.4 Å². The molecule has 2 N–H and O–H groups in total. The van der Waals surface area contributed by atoms with Crippen LogP contribution >= 0.6 is 0 Å². The average Bonchev–Trinajstić information content (AvgIpc) is 3.89. The number of rotatable bonds is 6. The third-order valence-corrected chi connectivity index (χ3v) is 15.7. The first-order chi connectivity index (χ1) is 25.7. The zero-order valence-corrected chi connectivity index (χ0v) is 31.3. The van der Waals surface area contributed by atoms with Crippen molar-refractivity contribution in [1.29, 1.82) is 10.5 Å². The van der Waals surface area contributed by atoms with Gasteiger partial charge in [-0.05, 0) is 130 Å². The molecule has 5 nitrogen and oxygen atoms in total. The molecule has 0 bridgehead atoms. The van der Waals surface area contributed by atoms with Crippen molar-refractivity contribution >= 4 is 0 Å². The molecule has 2 saturated heterocycles. The van der Waals surface area contributed by atoms with Gasteiger partial charge in [-0.3, -0.25) is 10.6 Å². The quantitative estimate of drug-likeness (QED) is 0.270. The highest BCUT2D eigenvalue weighted by Crippen LogP contribution is 2.53. The molecule has 2 heterocycles. The highest BCUT2D eigenvalue weighted by molar-refractivity contribution is 5.28. The first-order valence-electron chi connectivity index (χ1n) is 21.7. The van der Waals surface area contributed by atoms with Gasteiger partial charge in [-0.2, -0.15) is 10.5 Å². The van der Waals surface area contributed by atoms with Crippen molar-refractivity contribution in [2.45, 2.75) is 133 Å². The van der Waals surface area contributed by atoms with E-state index in [1.165, 1.54) is 77.0 Å². The van der Waals surface area contributed by atoms with Crippen LogP contribution in [-0.4, -0.2) is 30.5 Å². The van der Waals surface area contributed by atoms with E-state index in [4.69, 9.17) is 4.74 Å². The van der Waals surface area contributed by atoms with Crippen molar-refractivity contribution in [1.82, 2.24) is 10.6 Å². The monoisotopic (exact) mass is 698 g/mol. The van der Waals surface area contributed by atoms with Crippen LogP contribution < -0.4 is 10.6 Å². The van der Waals surface area contributed by atoms with Gasteiger partial charge in [0, 0.05) is 29.8 Å². The SMILES string of the molecule is N#CC1CC(C#N)CC(C2C=CC(C3=CC(C4NC(C5CC=CCC5)NC(C5C=CC=CC5)C4C4CCCC4)C4OC5C=CCCC5C4C3)CC2)C1. The van der Waals surface area contributed by atoms with Crippen LogP contribution in [0, 0.1) is 93.7 Å². The molecule has 52 heavy (non-hydrogen) atoms. The van der Waals surface area contributed by atoms with Crippen LogP contribution in [-0.2, 0) is 4.74 Å². The number of fused-ring (bicyclic) bond motifs is 3. The molecule has 9 rings (SSSR count). The lowest BCUT2D eigenvalue weighted by Crippen LogP contribution is -2.70. The molecular formula is C47H62N4O. The molecule has 4 fully saturated rings. The maximum Gasteiger partial charge on any atom is 0.0792 e. The van der Waals surface area contributed by atoms with E-state index >= 15 is 0 Å². The van der Waals surface area contributed by atoms with Gasteiger partial charge in [-0.25, -0.2) is 0 Å². The molecule has 15 atom stereocenters. The molecular weight excluding hydrogens is 637 g/mol. The molecule has 0 aromatic rings. The molecule has 0 aromatic carbocycles. The number of hydrogen-bond acceptors (Lipinski definition) is 5. The maximum atomic E-state index is 9.77. The summed E-state index contributed by atoms with van der Waals surface area (Å²) in [6.07, 6.45) is 46.9. The predicted molar refractivity (Wildman–Crippen MR) is 207 cm³/mol. The number of ether oxygens (including phenoxy) is 1.